The molecule has 5 heteroatoms. The molecule has 1 aromatic rings. The summed E-state index contributed by atoms with van der Waals surface area (Å²) in [7, 11) is 0. The number of hydrogen-bond donors (Lipinski definition) is 2. The predicted octanol–water partition coefficient (Wildman–Crippen LogP) is 2.35. The first-order valence-corrected chi connectivity index (χ1v) is 7.03. The van der Waals surface area contributed by atoms with Gasteiger partial charge in [0.2, 0.25) is 5.91 Å². The van der Waals surface area contributed by atoms with E-state index < -0.39 is 0 Å². The van der Waals surface area contributed by atoms with E-state index in [1.165, 1.54) is 6.07 Å². The monoisotopic (exact) mass is 298 g/mol. The van der Waals surface area contributed by atoms with Gasteiger partial charge in [-0.1, -0.05) is 6.07 Å². The minimum atomic E-state index is -0.192. The lowest BCUT2D eigenvalue weighted by atomic mass is 9.98. The van der Waals surface area contributed by atoms with Crippen LogP contribution >= 0.6 is 12.4 Å². The van der Waals surface area contributed by atoms with E-state index in [0.717, 1.165) is 49.9 Å². The van der Waals surface area contributed by atoms with Gasteiger partial charge in [0.05, 0.1) is 12.0 Å². The predicted molar refractivity (Wildman–Crippen MR) is 78.4 cm³/mol. The van der Waals surface area contributed by atoms with Gasteiger partial charge in [-0.05, 0) is 55.5 Å². The standard InChI is InChI=1S/C15H19FN2O.ClH/c16-12-4-5-13-10(8-12)3-6-14(13)18-15(19)11-2-1-7-17-9-11;/h4-5,8,11,14,17H,1-3,6-7,9H2,(H,18,19);1H. The van der Waals surface area contributed by atoms with Crippen LogP contribution in [0.4, 0.5) is 4.39 Å². The molecule has 1 heterocycles. The first kappa shape index (κ1) is 15.3. The number of nitrogens with one attached hydrogen (secondary N) is 2. The van der Waals surface area contributed by atoms with E-state index in [9.17, 15) is 9.18 Å². The van der Waals surface area contributed by atoms with Crippen LogP contribution in [0, 0.1) is 11.7 Å². The van der Waals surface area contributed by atoms with E-state index in [1.54, 1.807) is 6.07 Å². The Morgan fingerprint density at radius 2 is 2.20 bits per heavy atom. The van der Waals surface area contributed by atoms with Crippen molar-refractivity contribution in [2.45, 2.75) is 31.7 Å². The summed E-state index contributed by atoms with van der Waals surface area (Å²) in [6.07, 6.45) is 3.75. The van der Waals surface area contributed by atoms with Crippen molar-refractivity contribution in [3.05, 3.63) is 35.1 Å². The van der Waals surface area contributed by atoms with Crippen LogP contribution in [0.3, 0.4) is 0 Å². The highest BCUT2D eigenvalue weighted by Crippen LogP contribution is 2.31. The van der Waals surface area contributed by atoms with Crippen molar-refractivity contribution in [3.8, 4) is 0 Å². The van der Waals surface area contributed by atoms with E-state index >= 15 is 0 Å². The molecule has 2 unspecified atom stereocenters. The molecule has 1 saturated heterocycles. The Kier molecular flexibility index (Phi) is 5.00. The zero-order valence-corrected chi connectivity index (χ0v) is 12.1. The lowest BCUT2D eigenvalue weighted by molar-refractivity contribution is -0.126. The lowest BCUT2D eigenvalue weighted by Gasteiger charge is -2.24. The number of carbonyl (C=O) groups is 1. The molecule has 1 amide bonds. The molecule has 20 heavy (non-hydrogen) atoms. The summed E-state index contributed by atoms with van der Waals surface area (Å²) in [6, 6.07) is 4.93. The zero-order chi connectivity index (χ0) is 13.2. The van der Waals surface area contributed by atoms with E-state index in [2.05, 4.69) is 10.6 Å². The molecular weight excluding hydrogens is 279 g/mol. The summed E-state index contributed by atoms with van der Waals surface area (Å²) in [5.41, 5.74) is 2.12. The lowest BCUT2D eigenvalue weighted by Crippen LogP contribution is -2.41. The zero-order valence-electron chi connectivity index (χ0n) is 11.3. The fraction of sp³-hybridized carbons (Fsp3) is 0.533. The molecule has 0 bridgehead atoms. The Morgan fingerprint density at radius 3 is 2.95 bits per heavy atom. The van der Waals surface area contributed by atoms with Crippen LogP contribution in [0.25, 0.3) is 0 Å². The first-order chi connectivity index (χ1) is 9.24. The van der Waals surface area contributed by atoms with Crippen molar-refractivity contribution in [1.29, 1.82) is 0 Å². The van der Waals surface area contributed by atoms with Crippen LogP contribution in [0.1, 0.15) is 36.4 Å². The van der Waals surface area contributed by atoms with Crippen LogP contribution in [0.2, 0.25) is 0 Å². The molecule has 2 N–H and O–H groups in total. The number of hydrogen-bond acceptors (Lipinski definition) is 2. The molecule has 3 nitrogen and oxygen atoms in total. The number of halogens is 2. The maximum absolute atomic E-state index is 13.1. The van der Waals surface area contributed by atoms with Gasteiger partial charge < -0.3 is 10.6 Å². The van der Waals surface area contributed by atoms with Crippen LogP contribution < -0.4 is 10.6 Å². The smallest absolute Gasteiger partial charge is 0.224 e. The molecule has 0 radical (unpaired) electrons. The summed E-state index contributed by atoms with van der Waals surface area (Å²) < 4.78 is 13.1. The van der Waals surface area contributed by atoms with E-state index in [-0.39, 0.29) is 36.1 Å². The van der Waals surface area contributed by atoms with Crippen molar-refractivity contribution in [3.63, 3.8) is 0 Å². The van der Waals surface area contributed by atoms with E-state index in [1.807, 2.05) is 6.07 Å². The number of benzene rings is 1. The molecule has 0 spiro atoms. The highest BCUT2D eigenvalue weighted by Gasteiger charge is 2.27. The Hall–Kier alpha value is -1.13. The molecule has 0 aromatic heterocycles. The molecule has 1 aliphatic heterocycles. The van der Waals surface area contributed by atoms with E-state index in [0.29, 0.717) is 0 Å². The Labute approximate surface area is 124 Å². The fourth-order valence-electron chi connectivity index (χ4n) is 3.10. The average molecular weight is 299 g/mol. The Bertz CT molecular complexity index is 489. The molecule has 110 valence electrons. The number of amides is 1. The van der Waals surface area contributed by atoms with Crippen molar-refractivity contribution in [2.75, 3.05) is 13.1 Å². The summed E-state index contributed by atoms with van der Waals surface area (Å²) in [6.45, 7) is 1.78. The fourth-order valence-corrected chi connectivity index (χ4v) is 3.10. The summed E-state index contributed by atoms with van der Waals surface area (Å²) in [4.78, 5) is 12.2. The van der Waals surface area contributed by atoms with Gasteiger partial charge in [0, 0.05) is 6.54 Å². The van der Waals surface area contributed by atoms with Crippen molar-refractivity contribution < 1.29 is 9.18 Å². The largest absolute Gasteiger partial charge is 0.349 e. The average Bonchev–Trinajstić information content (AvgIpc) is 2.82. The van der Waals surface area contributed by atoms with Crippen LogP contribution in [-0.2, 0) is 11.2 Å². The van der Waals surface area contributed by atoms with Crippen LogP contribution in [-0.4, -0.2) is 19.0 Å². The molecule has 1 aliphatic carbocycles. The van der Waals surface area contributed by atoms with Gasteiger partial charge in [0.15, 0.2) is 0 Å². The van der Waals surface area contributed by atoms with Gasteiger partial charge in [-0.3, -0.25) is 4.79 Å². The molecular formula is C15H20ClFN2O. The van der Waals surface area contributed by atoms with Crippen molar-refractivity contribution >= 4 is 18.3 Å². The number of carbonyl (C=O) groups excluding carboxylic acids is 1. The van der Waals surface area contributed by atoms with Gasteiger partial charge in [-0.15, -0.1) is 12.4 Å². The van der Waals surface area contributed by atoms with Crippen molar-refractivity contribution in [2.24, 2.45) is 5.92 Å². The van der Waals surface area contributed by atoms with Gasteiger partial charge in [0.25, 0.3) is 0 Å². The number of fused-ring (bicyclic) bond motifs is 1. The van der Waals surface area contributed by atoms with Gasteiger partial charge in [0.1, 0.15) is 5.82 Å². The highest BCUT2D eigenvalue weighted by molar-refractivity contribution is 5.85. The molecule has 1 fully saturated rings. The molecule has 0 saturated carbocycles. The maximum atomic E-state index is 13.1. The molecule has 1 aromatic carbocycles. The quantitative estimate of drug-likeness (QED) is 0.880. The second kappa shape index (κ2) is 6.55. The maximum Gasteiger partial charge on any atom is 0.224 e. The number of aryl methyl sites for hydroxylation is 1. The Balaban J connectivity index is 0.00000147. The number of piperidine rings is 1. The first-order valence-electron chi connectivity index (χ1n) is 7.03. The van der Waals surface area contributed by atoms with Gasteiger partial charge >= 0.3 is 0 Å². The van der Waals surface area contributed by atoms with Crippen molar-refractivity contribution in [1.82, 2.24) is 10.6 Å². The highest BCUT2D eigenvalue weighted by atomic mass is 35.5. The summed E-state index contributed by atoms with van der Waals surface area (Å²) in [5.74, 6) is 0.0230. The van der Waals surface area contributed by atoms with Crippen LogP contribution in [0.15, 0.2) is 18.2 Å². The number of rotatable bonds is 2. The molecule has 2 atom stereocenters. The third-order valence-corrected chi connectivity index (χ3v) is 4.17. The van der Waals surface area contributed by atoms with Gasteiger partial charge in [-0.2, -0.15) is 0 Å². The third-order valence-electron chi connectivity index (χ3n) is 4.17. The Morgan fingerprint density at radius 1 is 1.35 bits per heavy atom. The normalized spacial score (nSPS) is 24.6. The molecule has 2 aliphatic rings. The summed E-state index contributed by atoms with van der Waals surface area (Å²) >= 11 is 0. The SMILES string of the molecule is Cl.O=C(NC1CCc2cc(F)ccc21)C1CCCNC1. The topological polar surface area (TPSA) is 41.1 Å². The van der Waals surface area contributed by atoms with E-state index in [4.69, 9.17) is 0 Å². The summed E-state index contributed by atoms with van der Waals surface area (Å²) in [5, 5.41) is 6.38. The third kappa shape index (κ3) is 3.13. The minimum absolute atomic E-state index is 0. The van der Waals surface area contributed by atoms with Gasteiger partial charge in [-0.25, -0.2) is 4.39 Å². The second-order valence-electron chi connectivity index (χ2n) is 5.49. The minimum Gasteiger partial charge on any atom is -0.349 e. The molecule has 3 rings (SSSR count). The van der Waals surface area contributed by atoms with Crippen LogP contribution in [0.5, 0.6) is 0 Å². The second-order valence-corrected chi connectivity index (χ2v) is 5.49.